The van der Waals surface area contributed by atoms with Crippen LogP contribution in [0.5, 0.6) is 0 Å². The van der Waals surface area contributed by atoms with E-state index in [-0.39, 0.29) is 0 Å². The zero-order valence-electron chi connectivity index (χ0n) is 23.4. The van der Waals surface area contributed by atoms with Crippen molar-refractivity contribution in [2.24, 2.45) is 0 Å². The van der Waals surface area contributed by atoms with Crippen molar-refractivity contribution < 1.29 is 4.42 Å². The highest BCUT2D eigenvalue weighted by molar-refractivity contribution is 6.25. The Morgan fingerprint density at radius 2 is 1.12 bits per heavy atom. The molecule has 0 aliphatic rings. The minimum Gasteiger partial charge on any atom is -0.456 e. The number of furan rings is 1. The lowest BCUT2D eigenvalue weighted by molar-refractivity contribution is 0.603. The topological polar surface area (TPSA) is 13.1 Å². The summed E-state index contributed by atoms with van der Waals surface area (Å²) >= 11 is 0. The van der Waals surface area contributed by atoms with Gasteiger partial charge in [-0.3, -0.25) is 0 Å². The van der Waals surface area contributed by atoms with Crippen LogP contribution in [-0.4, -0.2) is 0 Å². The average molecular weight is 537 g/mol. The zero-order valence-corrected chi connectivity index (χ0v) is 23.4. The molecule has 1 heteroatoms. The standard InChI is InChI=1S/C41H28O/c1-3-13-31-32-23-22-27(25-39(32)42-38(31)4-2)40-33-18-9-11-20-35(33)41(36-21-12-10-19-34(36)40)37-24-26-14-5-6-15-28(26)29-16-7-8-17-30(29)37/h3-25H,2H2,1H3/b13-3-. The molecule has 1 aromatic heterocycles. The molecule has 7 aromatic carbocycles. The Morgan fingerprint density at radius 1 is 0.548 bits per heavy atom. The van der Waals surface area contributed by atoms with E-state index in [1.807, 2.05) is 13.0 Å². The maximum atomic E-state index is 6.30. The Bertz CT molecular complexity index is 2320. The lowest BCUT2D eigenvalue weighted by Crippen LogP contribution is -1.92. The highest BCUT2D eigenvalue weighted by Crippen LogP contribution is 2.47. The van der Waals surface area contributed by atoms with Crippen LogP contribution in [0.1, 0.15) is 18.2 Å². The summed E-state index contributed by atoms with van der Waals surface area (Å²) in [7, 11) is 0. The first-order chi connectivity index (χ1) is 20.8. The van der Waals surface area contributed by atoms with E-state index < -0.39 is 0 Å². The molecule has 0 N–H and O–H groups in total. The first-order valence-corrected chi connectivity index (χ1v) is 14.4. The van der Waals surface area contributed by atoms with Crippen LogP contribution in [0.4, 0.5) is 0 Å². The van der Waals surface area contributed by atoms with Gasteiger partial charge in [-0.1, -0.05) is 122 Å². The van der Waals surface area contributed by atoms with Gasteiger partial charge in [0, 0.05) is 10.9 Å². The molecular formula is C41H28O. The van der Waals surface area contributed by atoms with Gasteiger partial charge in [0.1, 0.15) is 11.3 Å². The van der Waals surface area contributed by atoms with Crippen molar-refractivity contribution in [1.29, 1.82) is 0 Å². The number of hydrogen-bond acceptors (Lipinski definition) is 1. The molecule has 1 heterocycles. The van der Waals surface area contributed by atoms with E-state index >= 15 is 0 Å². The van der Waals surface area contributed by atoms with Crippen LogP contribution in [0, 0.1) is 0 Å². The molecule has 0 saturated carbocycles. The SMILES string of the molecule is C=Cc1oc2cc(-c3c4ccccc4c(-c4cc5ccccc5c5ccccc45)c4ccccc34)ccc2c1/C=C\C. The second-order valence-corrected chi connectivity index (χ2v) is 10.8. The summed E-state index contributed by atoms with van der Waals surface area (Å²) in [6, 6.07) is 44.2. The average Bonchev–Trinajstić information content (AvgIpc) is 3.40. The van der Waals surface area contributed by atoms with E-state index in [0.717, 1.165) is 27.9 Å². The van der Waals surface area contributed by atoms with Crippen molar-refractivity contribution in [3.63, 3.8) is 0 Å². The van der Waals surface area contributed by atoms with Crippen molar-refractivity contribution in [1.82, 2.24) is 0 Å². The number of rotatable bonds is 4. The monoisotopic (exact) mass is 536 g/mol. The Kier molecular flexibility index (Phi) is 5.58. The van der Waals surface area contributed by atoms with Crippen molar-refractivity contribution >= 4 is 66.2 Å². The van der Waals surface area contributed by atoms with E-state index in [4.69, 9.17) is 4.42 Å². The highest BCUT2D eigenvalue weighted by atomic mass is 16.3. The van der Waals surface area contributed by atoms with Gasteiger partial charge in [-0.25, -0.2) is 0 Å². The summed E-state index contributed by atoms with van der Waals surface area (Å²) < 4.78 is 6.30. The quantitative estimate of drug-likeness (QED) is 0.161. The van der Waals surface area contributed by atoms with Gasteiger partial charge in [0.25, 0.3) is 0 Å². The molecule has 0 amide bonds. The second-order valence-electron chi connectivity index (χ2n) is 10.8. The van der Waals surface area contributed by atoms with E-state index in [1.54, 1.807) is 6.08 Å². The molecule has 0 unspecified atom stereocenters. The maximum absolute atomic E-state index is 6.30. The summed E-state index contributed by atoms with van der Waals surface area (Å²) in [6.45, 7) is 6.01. The lowest BCUT2D eigenvalue weighted by atomic mass is 9.84. The fraction of sp³-hybridized carbons (Fsp3) is 0.0244. The van der Waals surface area contributed by atoms with Crippen molar-refractivity contribution in [2.75, 3.05) is 0 Å². The first-order valence-electron chi connectivity index (χ1n) is 14.4. The van der Waals surface area contributed by atoms with Gasteiger partial charge in [0.2, 0.25) is 0 Å². The third kappa shape index (κ3) is 3.57. The van der Waals surface area contributed by atoms with Crippen LogP contribution in [0.25, 0.3) is 88.5 Å². The van der Waals surface area contributed by atoms with Gasteiger partial charge >= 0.3 is 0 Å². The number of hydrogen-bond donors (Lipinski definition) is 0. The van der Waals surface area contributed by atoms with Crippen LogP contribution in [0.3, 0.4) is 0 Å². The smallest absolute Gasteiger partial charge is 0.136 e. The molecule has 0 radical (unpaired) electrons. The molecule has 8 aromatic rings. The molecule has 42 heavy (non-hydrogen) atoms. The molecule has 0 aliphatic carbocycles. The van der Waals surface area contributed by atoms with Gasteiger partial charge in [-0.05, 0) is 96.5 Å². The molecule has 0 atom stereocenters. The summed E-state index contributed by atoms with van der Waals surface area (Å²) in [5.41, 5.74) is 6.84. The predicted octanol–water partition coefficient (Wildman–Crippen LogP) is 12.1. The van der Waals surface area contributed by atoms with Crippen LogP contribution >= 0.6 is 0 Å². The minimum atomic E-state index is 0.800. The molecular weight excluding hydrogens is 508 g/mol. The summed E-state index contributed by atoms with van der Waals surface area (Å²) in [5.74, 6) is 0.800. The van der Waals surface area contributed by atoms with Crippen LogP contribution in [0.15, 0.2) is 138 Å². The van der Waals surface area contributed by atoms with Crippen molar-refractivity contribution in [2.45, 2.75) is 6.92 Å². The third-order valence-electron chi connectivity index (χ3n) is 8.53. The molecule has 0 bridgehead atoms. The highest BCUT2D eigenvalue weighted by Gasteiger charge is 2.20. The maximum Gasteiger partial charge on any atom is 0.136 e. The molecule has 0 aliphatic heterocycles. The lowest BCUT2D eigenvalue weighted by Gasteiger charge is -2.19. The normalized spacial score (nSPS) is 11.9. The Balaban J connectivity index is 1.50. The van der Waals surface area contributed by atoms with Gasteiger partial charge in [-0.15, -0.1) is 0 Å². The largest absolute Gasteiger partial charge is 0.456 e. The number of fused-ring (bicyclic) bond motifs is 6. The third-order valence-corrected chi connectivity index (χ3v) is 8.53. The Hall–Kier alpha value is -5.40. The first kappa shape index (κ1) is 24.4. The van der Waals surface area contributed by atoms with Crippen LogP contribution in [0.2, 0.25) is 0 Å². The number of benzene rings is 7. The van der Waals surface area contributed by atoms with E-state index in [1.165, 1.54) is 59.8 Å². The zero-order chi connectivity index (χ0) is 28.2. The van der Waals surface area contributed by atoms with Gasteiger partial charge in [-0.2, -0.15) is 0 Å². The van der Waals surface area contributed by atoms with Crippen molar-refractivity contribution in [3.8, 4) is 22.3 Å². The van der Waals surface area contributed by atoms with Crippen molar-refractivity contribution in [3.05, 3.63) is 145 Å². The molecule has 0 saturated heterocycles. The van der Waals surface area contributed by atoms with Gasteiger partial charge in [0.05, 0.1) is 0 Å². The Labute approximate surface area is 244 Å². The van der Waals surface area contributed by atoms with E-state index in [9.17, 15) is 0 Å². The molecule has 0 fully saturated rings. The summed E-state index contributed by atoms with van der Waals surface area (Å²) in [6.07, 6.45) is 5.93. The van der Waals surface area contributed by atoms with Crippen LogP contribution < -0.4 is 0 Å². The van der Waals surface area contributed by atoms with E-state index in [2.05, 4.69) is 134 Å². The fourth-order valence-electron chi connectivity index (χ4n) is 6.77. The molecule has 8 rings (SSSR count). The second kappa shape index (κ2) is 9.61. The molecule has 198 valence electrons. The van der Waals surface area contributed by atoms with Gasteiger partial charge < -0.3 is 4.42 Å². The Morgan fingerprint density at radius 3 is 1.76 bits per heavy atom. The predicted molar refractivity (Wildman–Crippen MR) is 182 cm³/mol. The van der Waals surface area contributed by atoms with Crippen LogP contribution in [-0.2, 0) is 0 Å². The fourth-order valence-corrected chi connectivity index (χ4v) is 6.77. The summed E-state index contributed by atoms with van der Waals surface area (Å²) in [4.78, 5) is 0. The minimum absolute atomic E-state index is 0.800. The molecule has 0 spiro atoms. The molecule has 1 nitrogen and oxygen atoms in total. The number of allylic oxidation sites excluding steroid dienone is 1. The van der Waals surface area contributed by atoms with Gasteiger partial charge in [0.15, 0.2) is 0 Å². The summed E-state index contributed by atoms with van der Waals surface area (Å²) in [5, 5.41) is 11.1. The van der Waals surface area contributed by atoms with E-state index in [0.29, 0.717) is 0 Å².